The number of hydrogen-bond donors (Lipinski definition) is 2. The summed E-state index contributed by atoms with van der Waals surface area (Å²) in [5, 5.41) is 5.99. The molecule has 0 unspecified atom stereocenters. The van der Waals surface area contributed by atoms with Gasteiger partial charge in [-0.15, -0.1) is 0 Å². The third-order valence-electron chi connectivity index (χ3n) is 6.25. The molecule has 27 heavy (non-hydrogen) atoms. The van der Waals surface area contributed by atoms with Crippen molar-refractivity contribution >= 4 is 17.7 Å². The number of likely N-dealkylation sites (tertiary alicyclic amines) is 1. The number of anilines is 1. The second-order valence-electron chi connectivity index (χ2n) is 7.93. The van der Waals surface area contributed by atoms with E-state index in [0.29, 0.717) is 12.6 Å². The minimum atomic E-state index is -0.450. The summed E-state index contributed by atoms with van der Waals surface area (Å²) in [7, 11) is 0. The Morgan fingerprint density at radius 1 is 1.41 bits per heavy atom. The molecule has 0 bridgehead atoms. The van der Waals surface area contributed by atoms with Gasteiger partial charge in [-0.3, -0.25) is 14.7 Å². The number of ether oxygens (including phenoxy) is 1. The van der Waals surface area contributed by atoms with Crippen LogP contribution in [0.2, 0.25) is 0 Å². The lowest BCUT2D eigenvalue weighted by Crippen LogP contribution is -2.46. The number of aromatic nitrogens is 1. The van der Waals surface area contributed by atoms with Crippen LogP contribution in [0.25, 0.3) is 0 Å². The molecule has 1 saturated heterocycles. The maximum absolute atomic E-state index is 12.7. The fourth-order valence-electron chi connectivity index (χ4n) is 4.80. The molecule has 7 heteroatoms. The zero-order chi connectivity index (χ0) is 18.9. The Morgan fingerprint density at radius 3 is 3.00 bits per heavy atom. The highest BCUT2D eigenvalue weighted by atomic mass is 16.5. The van der Waals surface area contributed by atoms with E-state index in [-0.39, 0.29) is 18.0 Å². The van der Waals surface area contributed by atoms with E-state index in [1.165, 1.54) is 0 Å². The van der Waals surface area contributed by atoms with Gasteiger partial charge in [-0.2, -0.15) is 0 Å². The molecule has 1 aromatic heterocycles. The van der Waals surface area contributed by atoms with Crippen molar-refractivity contribution in [2.75, 3.05) is 25.0 Å². The molecule has 1 atom stereocenters. The van der Waals surface area contributed by atoms with Gasteiger partial charge in [-0.1, -0.05) is 6.92 Å². The van der Waals surface area contributed by atoms with Crippen molar-refractivity contribution in [1.29, 1.82) is 0 Å². The summed E-state index contributed by atoms with van der Waals surface area (Å²) in [6.07, 6.45) is 6.89. The molecule has 2 amide bonds. The van der Waals surface area contributed by atoms with Gasteiger partial charge < -0.3 is 15.4 Å². The average molecular weight is 372 g/mol. The first-order valence-corrected chi connectivity index (χ1v) is 10.1. The van der Waals surface area contributed by atoms with Crippen molar-refractivity contribution < 1.29 is 14.3 Å². The third-order valence-corrected chi connectivity index (χ3v) is 6.25. The van der Waals surface area contributed by atoms with Gasteiger partial charge in [0.1, 0.15) is 0 Å². The Morgan fingerprint density at radius 2 is 2.22 bits per heavy atom. The topological polar surface area (TPSA) is 83.6 Å². The van der Waals surface area contributed by atoms with Gasteiger partial charge in [0.2, 0.25) is 5.91 Å². The molecule has 1 aliphatic carbocycles. The Bertz CT molecular complexity index is 715. The monoisotopic (exact) mass is 372 g/mol. The van der Waals surface area contributed by atoms with E-state index < -0.39 is 5.41 Å². The molecule has 2 aliphatic heterocycles. The van der Waals surface area contributed by atoms with Crippen molar-refractivity contribution in [3.8, 4) is 0 Å². The Balaban J connectivity index is 1.33. The van der Waals surface area contributed by atoms with E-state index >= 15 is 0 Å². The summed E-state index contributed by atoms with van der Waals surface area (Å²) < 4.78 is 5.12. The van der Waals surface area contributed by atoms with Crippen LogP contribution in [0.5, 0.6) is 0 Å². The van der Waals surface area contributed by atoms with E-state index in [1.807, 2.05) is 19.1 Å². The fraction of sp³-hybridized carbons (Fsp3) is 0.650. The van der Waals surface area contributed by atoms with Crippen LogP contribution in [-0.2, 0) is 14.9 Å². The standard InChI is InChI=1S/C20H28N4O3/c1-2-12-27-19(26)22-14-7-11-24(13-14)15-5-8-20(9-6-15)17-16(23-18(20)25)4-3-10-21-17/h3-4,10,14-15H,2,5-9,11-13H2,1H3,(H,22,26)(H,23,25)/t14-,15?,20?/m1/s1. The number of amides is 2. The van der Waals surface area contributed by atoms with Gasteiger partial charge in [-0.25, -0.2) is 4.79 Å². The molecule has 146 valence electrons. The van der Waals surface area contributed by atoms with Gasteiger partial charge in [0.15, 0.2) is 0 Å². The summed E-state index contributed by atoms with van der Waals surface area (Å²) >= 11 is 0. The van der Waals surface area contributed by atoms with Crippen molar-refractivity contribution in [3.63, 3.8) is 0 Å². The van der Waals surface area contributed by atoms with Gasteiger partial charge >= 0.3 is 6.09 Å². The van der Waals surface area contributed by atoms with Crippen LogP contribution in [-0.4, -0.2) is 53.7 Å². The van der Waals surface area contributed by atoms with Crippen LogP contribution in [0.3, 0.4) is 0 Å². The number of nitrogens with zero attached hydrogens (tertiary/aromatic N) is 2. The van der Waals surface area contributed by atoms with E-state index in [4.69, 9.17) is 4.74 Å². The highest BCUT2D eigenvalue weighted by Gasteiger charge is 2.50. The molecule has 1 saturated carbocycles. The molecule has 4 rings (SSSR count). The van der Waals surface area contributed by atoms with Crippen molar-refractivity contribution in [1.82, 2.24) is 15.2 Å². The number of carbonyl (C=O) groups is 2. The van der Waals surface area contributed by atoms with Crippen LogP contribution >= 0.6 is 0 Å². The normalized spacial score (nSPS) is 30.2. The van der Waals surface area contributed by atoms with Crippen molar-refractivity contribution in [2.45, 2.75) is 62.9 Å². The number of nitrogens with one attached hydrogen (secondary N) is 2. The Labute approximate surface area is 159 Å². The number of pyridine rings is 1. The molecule has 7 nitrogen and oxygen atoms in total. The van der Waals surface area contributed by atoms with E-state index in [1.54, 1.807) is 6.20 Å². The van der Waals surface area contributed by atoms with Gasteiger partial charge in [-0.05, 0) is 50.7 Å². The zero-order valence-corrected chi connectivity index (χ0v) is 15.9. The van der Waals surface area contributed by atoms with Crippen molar-refractivity contribution in [2.24, 2.45) is 0 Å². The summed E-state index contributed by atoms with van der Waals surface area (Å²) in [5.74, 6) is 0.106. The molecule has 3 aliphatic rings. The average Bonchev–Trinajstić information content (AvgIpc) is 3.24. The summed E-state index contributed by atoms with van der Waals surface area (Å²) in [4.78, 5) is 31.4. The molecule has 1 spiro atoms. The molecular weight excluding hydrogens is 344 g/mol. The van der Waals surface area contributed by atoms with Crippen molar-refractivity contribution in [3.05, 3.63) is 24.0 Å². The molecule has 2 fully saturated rings. The molecule has 0 radical (unpaired) electrons. The lowest BCUT2D eigenvalue weighted by atomic mass is 9.70. The Kier molecular flexibility index (Phi) is 5.04. The summed E-state index contributed by atoms with van der Waals surface area (Å²) in [5.41, 5.74) is 1.35. The lowest BCUT2D eigenvalue weighted by Gasteiger charge is -2.38. The fourth-order valence-corrected chi connectivity index (χ4v) is 4.80. The van der Waals surface area contributed by atoms with Crippen LogP contribution in [0, 0.1) is 0 Å². The van der Waals surface area contributed by atoms with E-state index in [9.17, 15) is 9.59 Å². The van der Waals surface area contributed by atoms with Crippen LogP contribution in [0.1, 0.15) is 51.1 Å². The second-order valence-corrected chi connectivity index (χ2v) is 7.93. The SMILES string of the molecule is CCCOC(=O)N[C@@H]1CCN(C2CCC3(CC2)C(=O)Nc2cccnc23)C1. The maximum atomic E-state index is 12.7. The first kappa shape index (κ1) is 18.2. The van der Waals surface area contributed by atoms with Crippen LogP contribution in [0.15, 0.2) is 18.3 Å². The van der Waals surface area contributed by atoms with Gasteiger partial charge in [0, 0.05) is 31.4 Å². The molecule has 2 N–H and O–H groups in total. The number of rotatable bonds is 4. The number of alkyl carbamates (subject to hydrolysis) is 1. The minimum absolute atomic E-state index is 0.106. The van der Waals surface area contributed by atoms with Gasteiger partial charge in [0.25, 0.3) is 0 Å². The quantitative estimate of drug-likeness (QED) is 0.848. The van der Waals surface area contributed by atoms with Crippen LogP contribution < -0.4 is 10.6 Å². The van der Waals surface area contributed by atoms with E-state index in [0.717, 1.165) is 63.0 Å². The second kappa shape index (κ2) is 7.46. The predicted octanol–water partition coefficient (Wildman–Crippen LogP) is 2.42. The molecule has 1 aromatic rings. The minimum Gasteiger partial charge on any atom is -0.450 e. The predicted molar refractivity (Wildman–Crippen MR) is 102 cm³/mol. The zero-order valence-electron chi connectivity index (χ0n) is 15.9. The maximum Gasteiger partial charge on any atom is 0.407 e. The Hall–Kier alpha value is -2.15. The highest BCUT2D eigenvalue weighted by Crippen LogP contribution is 2.47. The smallest absolute Gasteiger partial charge is 0.407 e. The largest absolute Gasteiger partial charge is 0.450 e. The van der Waals surface area contributed by atoms with E-state index in [2.05, 4.69) is 20.5 Å². The third kappa shape index (κ3) is 3.40. The first-order chi connectivity index (χ1) is 13.1. The number of hydrogen-bond acceptors (Lipinski definition) is 5. The molecular formula is C20H28N4O3. The highest BCUT2D eigenvalue weighted by molar-refractivity contribution is 6.05. The number of carbonyl (C=O) groups excluding carboxylic acids is 2. The molecule has 0 aromatic carbocycles. The molecule has 3 heterocycles. The summed E-state index contributed by atoms with van der Waals surface area (Å²) in [6.45, 7) is 4.29. The van der Waals surface area contributed by atoms with Crippen LogP contribution in [0.4, 0.5) is 10.5 Å². The summed E-state index contributed by atoms with van der Waals surface area (Å²) in [6, 6.07) is 4.43. The number of fused-ring (bicyclic) bond motifs is 2. The van der Waals surface area contributed by atoms with Gasteiger partial charge in [0.05, 0.1) is 23.4 Å². The first-order valence-electron chi connectivity index (χ1n) is 10.1. The lowest BCUT2D eigenvalue weighted by molar-refractivity contribution is -0.122.